The lowest BCUT2D eigenvalue weighted by Crippen LogP contribution is -2.40. The summed E-state index contributed by atoms with van der Waals surface area (Å²) in [7, 11) is 0. The van der Waals surface area contributed by atoms with E-state index in [1.165, 1.54) is 19.2 Å². The Labute approximate surface area is 175 Å². The number of hydrogen-bond acceptors (Lipinski definition) is 5. The van der Waals surface area contributed by atoms with Crippen molar-refractivity contribution in [1.82, 2.24) is 20.3 Å². The first-order valence-corrected chi connectivity index (χ1v) is 10.8. The summed E-state index contributed by atoms with van der Waals surface area (Å²) in [6.45, 7) is 0.731. The molecule has 2 heterocycles. The molecule has 0 atom stereocenters. The molecule has 0 unspecified atom stereocenters. The average Bonchev–Trinajstić information content (AvgIpc) is 3.50. The number of hydrogen-bond donors (Lipinski definition) is 3. The van der Waals surface area contributed by atoms with Gasteiger partial charge in [0.05, 0.1) is 17.7 Å². The summed E-state index contributed by atoms with van der Waals surface area (Å²) in [5.74, 6) is 1.37. The standard InChI is InChI=1S/C23H27N5O2/c24-15-7-9-16(10-8-15)28-23(29)18-11-25-22-20(26-13-27-21(18)22)17-3-1-2-4-19(17)30-12-14-5-6-14/h1-4,11,13-16,25H,5-10,12,24H2,(H,28,29)/t15-,16-. The van der Waals surface area contributed by atoms with Crippen LogP contribution in [0, 0.1) is 5.92 Å². The van der Waals surface area contributed by atoms with Crippen LogP contribution in [0.15, 0.2) is 36.8 Å². The zero-order valence-corrected chi connectivity index (χ0v) is 16.9. The number of fused-ring (bicyclic) bond motifs is 1. The number of amides is 1. The van der Waals surface area contributed by atoms with Gasteiger partial charge in [-0.2, -0.15) is 0 Å². The Morgan fingerprint density at radius 3 is 2.73 bits per heavy atom. The number of rotatable bonds is 6. The van der Waals surface area contributed by atoms with Gasteiger partial charge in [-0.25, -0.2) is 9.97 Å². The van der Waals surface area contributed by atoms with Crippen molar-refractivity contribution in [2.45, 2.75) is 50.6 Å². The molecule has 0 spiro atoms. The van der Waals surface area contributed by atoms with Crippen LogP contribution in [0.4, 0.5) is 0 Å². The van der Waals surface area contributed by atoms with Gasteiger partial charge in [-0.1, -0.05) is 12.1 Å². The van der Waals surface area contributed by atoms with E-state index in [2.05, 4.69) is 20.3 Å². The van der Waals surface area contributed by atoms with Gasteiger partial charge in [-0.05, 0) is 56.6 Å². The number of ether oxygens (including phenoxy) is 1. The third-order valence-corrected chi connectivity index (χ3v) is 6.13. The smallest absolute Gasteiger partial charge is 0.255 e. The maximum atomic E-state index is 12.9. The summed E-state index contributed by atoms with van der Waals surface area (Å²) in [5, 5.41) is 3.14. The van der Waals surface area contributed by atoms with Crippen LogP contribution in [0.2, 0.25) is 0 Å². The second-order valence-electron chi connectivity index (χ2n) is 8.48. The molecule has 2 aliphatic rings. The molecule has 30 heavy (non-hydrogen) atoms. The van der Waals surface area contributed by atoms with E-state index < -0.39 is 0 Å². The fourth-order valence-electron chi connectivity index (χ4n) is 4.12. The minimum Gasteiger partial charge on any atom is -0.493 e. The molecule has 0 saturated heterocycles. The fourth-order valence-corrected chi connectivity index (χ4v) is 4.12. The van der Waals surface area contributed by atoms with E-state index in [1.54, 1.807) is 6.20 Å². The molecule has 1 aromatic carbocycles. The lowest BCUT2D eigenvalue weighted by Gasteiger charge is -2.26. The molecule has 2 saturated carbocycles. The summed E-state index contributed by atoms with van der Waals surface area (Å²) in [4.78, 5) is 25.1. The topological polar surface area (TPSA) is 106 Å². The van der Waals surface area contributed by atoms with Crippen LogP contribution in [0.25, 0.3) is 22.3 Å². The van der Waals surface area contributed by atoms with Crippen LogP contribution in [-0.4, -0.2) is 39.5 Å². The van der Waals surface area contributed by atoms with E-state index in [9.17, 15) is 4.79 Å². The van der Waals surface area contributed by atoms with E-state index in [-0.39, 0.29) is 18.0 Å². The number of nitrogens with one attached hydrogen (secondary N) is 2. The van der Waals surface area contributed by atoms with E-state index in [4.69, 9.17) is 10.5 Å². The number of carbonyl (C=O) groups excluding carboxylic acids is 1. The first kappa shape index (κ1) is 19.1. The Morgan fingerprint density at radius 2 is 1.93 bits per heavy atom. The summed E-state index contributed by atoms with van der Waals surface area (Å²) in [5.41, 5.74) is 9.54. The Morgan fingerprint density at radius 1 is 1.13 bits per heavy atom. The highest BCUT2D eigenvalue weighted by Gasteiger charge is 2.25. The Bertz CT molecular complexity index is 1050. The Kier molecular flexibility index (Phi) is 5.12. The summed E-state index contributed by atoms with van der Waals surface area (Å²) in [6.07, 6.45) is 9.44. The zero-order valence-electron chi connectivity index (χ0n) is 16.9. The molecule has 2 fully saturated rings. The quantitative estimate of drug-likeness (QED) is 0.583. The first-order valence-electron chi connectivity index (χ1n) is 10.8. The van der Waals surface area contributed by atoms with Crippen molar-refractivity contribution in [3.63, 3.8) is 0 Å². The largest absolute Gasteiger partial charge is 0.493 e. The minimum atomic E-state index is -0.107. The Hall–Kier alpha value is -2.93. The predicted molar refractivity (Wildman–Crippen MR) is 115 cm³/mol. The molecule has 1 amide bonds. The number of para-hydroxylation sites is 1. The van der Waals surface area contributed by atoms with Crippen LogP contribution in [0.1, 0.15) is 48.9 Å². The first-order chi connectivity index (χ1) is 14.7. The van der Waals surface area contributed by atoms with Crippen molar-refractivity contribution >= 4 is 16.9 Å². The SMILES string of the molecule is N[C@H]1CC[C@H](NC(=O)c2c[nH]c3c(-c4ccccc4OCC4CC4)ncnc23)CC1. The highest BCUT2D eigenvalue weighted by Crippen LogP contribution is 2.35. The highest BCUT2D eigenvalue weighted by atomic mass is 16.5. The molecular weight excluding hydrogens is 378 g/mol. The van der Waals surface area contributed by atoms with Gasteiger partial charge in [0.2, 0.25) is 0 Å². The van der Waals surface area contributed by atoms with Gasteiger partial charge in [0.15, 0.2) is 0 Å². The molecule has 0 bridgehead atoms. The molecule has 5 rings (SSSR count). The zero-order chi connectivity index (χ0) is 20.5. The van der Waals surface area contributed by atoms with Gasteiger partial charge in [0.25, 0.3) is 5.91 Å². The van der Waals surface area contributed by atoms with E-state index in [1.807, 2.05) is 24.3 Å². The lowest BCUT2D eigenvalue weighted by atomic mass is 9.91. The molecule has 2 aliphatic carbocycles. The van der Waals surface area contributed by atoms with Gasteiger partial charge >= 0.3 is 0 Å². The molecule has 7 heteroatoms. The number of aromatic nitrogens is 3. The second-order valence-corrected chi connectivity index (χ2v) is 8.48. The monoisotopic (exact) mass is 405 g/mol. The predicted octanol–water partition coefficient (Wildman–Crippen LogP) is 3.41. The highest BCUT2D eigenvalue weighted by molar-refractivity contribution is 6.07. The van der Waals surface area contributed by atoms with Gasteiger partial charge in [0.1, 0.15) is 23.3 Å². The van der Waals surface area contributed by atoms with Crippen molar-refractivity contribution in [2.24, 2.45) is 11.7 Å². The number of aromatic amines is 1. The summed E-state index contributed by atoms with van der Waals surface area (Å²) >= 11 is 0. The van der Waals surface area contributed by atoms with E-state index in [0.717, 1.165) is 54.8 Å². The molecule has 0 aliphatic heterocycles. The van der Waals surface area contributed by atoms with Gasteiger partial charge in [-0.15, -0.1) is 0 Å². The molecule has 2 aromatic heterocycles. The minimum absolute atomic E-state index is 0.107. The van der Waals surface area contributed by atoms with Crippen LogP contribution in [-0.2, 0) is 0 Å². The molecule has 7 nitrogen and oxygen atoms in total. The Balaban J connectivity index is 1.42. The van der Waals surface area contributed by atoms with Crippen molar-refractivity contribution in [3.8, 4) is 17.0 Å². The van der Waals surface area contributed by atoms with Crippen LogP contribution < -0.4 is 15.8 Å². The molecule has 156 valence electrons. The second kappa shape index (κ2) is 8.07. The number of nitrogens with two attached hydrogens (primary N) is 1. The molecular formula is C23H27N5O2. The third-order valence-electron chi connectivity index (χ3n) is 6.13. The van der Waals surface area contributed by atoms with Gasteiger partial charge < -0.3 is 20.8 Å². The van der Waals surface area contributed by atoms with E-state index >= 15 is 0 Å². The third kappa shape index (κ3) is 3.89. The lowest BCUT2D eigenvalue weighted by molar-refractivity contribution is 0.0927. The van der Waals surface area contributed by atoms with Crippen molar-refractivity contribution in [2.75, 3.05) is 6.61 Å². The number of nitrogens with zero attached hydrogens (tertiary/aromatic N) is 2. The van der Waals surface area contributed by atoms with Crippen molar-refractivity contribution in [3.05, 3.63) is 42.4 Å². The normalized spacial score (nSPS) is 21.5. The number of carbonyl (C=O) groups is 1. The maximum absolute atomic E-state index is 12.9. The maximum Gasteiger partial charge on any atom is 0.255 e. The van der Waals surface area contributed by atoms with Crippen LogP contribution >= 0.6 is 0 Å². The van der Waals surface area contributed by atoms with Crippen LogP contribution in [0.5, 0.6) is 5.75 Å². The summed E-state index contributed by atoms with van der Waals surface area (Å²) < 4.78 is 6.06. The van der Waals surface area contributed by atoms with Crippen molar-refractivity contribution in [1.29, 1.82) is 0 Å². The van der Waals surface area contributed by atoms with Crippen LogP contribution in [0.3, 0.4) is 0 Å². The molecule has 0 radical (unpaired) electrons. The fraction of sp³-hybridized carbons (Fsp3) is 0.435. The number of benzene rings is 1. The van der Waals surface area contributed by atoms with Gasteiger partial charge in [0, 0.05) is 23.8 Å². The van der Waals surface area contributed by atoms with Gasteiger partial charge in [-0.3, -0.25) is 4.79 Å². The molecule has 4 N–H and O–H groups in total. The molecule has 3 aromatic rings. The average molecular weight is 406 g/mol. The number of H-pyrrole nitrogens is 1. The summed E-state index contributed by atoms with van der Waals surface area (Å²) in [6, 6.07) is 8.32. The van der Waals surface area contributed by atoms with E-state index in [0.29, 0.717) is 17.0 Å². The van der Waals surface area contributed by atoms with Crippen molar-refractivity contribution < 1.29 is 9.53 Å².